The van der Waals surface area contributed by atoms with Crippen LogP contribution in [0.15, 0.2) is 102 Å². The van der Waals surface area contributed by atoms with Gasteiger partial charge in [-0.25, -0.2) is 12.8 Å². The highest BCUT2D eigenvalue weighted by Gasteiger charge is 2.35. The topological polar surface area (TPSA) is 96.0 Å². The van der Waals surface area contributed by atoms with Gasteiger partial charge in [0.05, 0.1) is 17.7 Å². The minimum absolute atomic E-state index is 0.00192. The number of hydrogen-bond acceptors (Lipinski definition) is 5. The molecule has 1 N–H and O–H groups in total. The Morgan fingerprint density at radius 2 is 1.48 bits per heavy atom. The number of halogens is 1. The number of carbonyl (C=O) groups is 2. The lowest BCUT2D eigenvalue weighted by molar-refractivity contribution is -0.140. The summed E-state index contributed by atoms with van der Waals surface area (Å²) >= 11 is 0. The summed E-state index contributed by atoms with van der Waals surface area (Å²) in [6, 6.07) is 25.1. The molecule has 0 saturated heterocycles. The second-order valence-electron chi connectivity index (χ2n) is 11.5. The van der Waals surface area contributed by atoms with E-state index in [9.17, 15) is 22.4 Å². The third kappa shape index (κ3) is 8.51. The maximum absolute atomic E-state index is 14.6. The number of amides is 2. The van der Waals surface area contributed by atoms with E-state index in [-0.39, 0.29) is 35.3 Å². The van der Waals surface area contributed by atoms with Crippen LogP contribution in [0.1, 0.15) is 36.1 Å². The monoisotopic (exact) mass is 645 g/mol. The van der Waals surface area contributed by atoms with E-state index in [1.807, 2.05) is 58.0 Å². The summed E-state index contributed by atoms with van der Waals surface area (Å²) in [5, 5.41) is 2.92. The van der Waals surface area contributed by atoms with Gasteiger partial charge in [0.1, 0.15) is 24.2 Å². The summed E-state index contributed by atoms with van der Waals surface area (Å²) in [5.41, 5.74) is 3.21. The molecule has 0 aliphatic rings. The third-order valence-corrected chi connectivity index (χ3v) is 9.23. The van der Waals surface area contributed by atoms with E-state index in [0.29, 0.717) is 5.56 Å². The Balaban J connectivity index is 1.85. The van der Waals surface area contributed by atoms with Gasteiger partial charge < -0.3 is 15.0 Å². The fourth-order valence-electron chi connectivity index (χ4n) is 5.07. The van der Waals surface area contributed by atoms with Gasteiger partial charge in [-0.15, -0.1) is 0 Å². The molecule has 8 nitrogen and oxygen atoms in total. The number of carbonyl (C=O) groups excluding carboxylic acids is 2. The number of hydrogen-bond donors (Lipinski definition) is 1. The summed E-state index contributed by atoms with van der Waals surface area (Å²) in [6.45, 7) is 6.62. The van der Waals surface area contributed by atoms with Crippen molar-refractivity contribution in [3.05, 3.63) is 125 Å². The first-order valence-electron chi connectivity index (χ1n) is 15.0. The van der Waals surface area contributed by atoms with E-state index in [1.165, 1.54) is 36.3 Å². The van der Waals surface area contributed by atoms with Crippen LogP contribution in [0.5, 0.6) is 5.75 Å². The zero-order valence-electron chi connectivity index (χ0n) is 26.7. The predicted molar refractivity (Wildman–Crippen MR) is 178 cm³/mol. The molecule has 46 heavy (non-hydrogen) atoms. The second kappa shape index (κ2) is 15.1. The lowest BCUT2D eigenvalue weighted by Gasteiger charge is -2.34. The molecule has 0 heterocycles. The average Bonchev–Trinajstić information content (AvgIpc) is 3.02. The van der Waals surface area contributed by atoms with E-state index in [4.69, 9.17) is 4.74 Å². The number of rotatable bonds is 13. The Labute approximate surface area is 270 Å². The molecule has 4 aromatic rings. The lowest BCUT2D eigenvalue weighted by Crippen LogP contribution is -2.54. The summed E-state index contributed by atoms with van der Waals surface area (Å²) < 4.78 is 49.0. The van der Waals surface area contributed by atoms with E-state index < -0.39 is 40.2 Å². The third-order valence-electron chi connectivity index (χ3n) is 7.46. The molecular formula is C36H40FN3O5S. The Hall–Kier alpha value is -4.70. The van der Waals surface area contributed by atoms with Gasteiger partial charge in [0.15, 0.2) is 0 Å². The molecular weight excluding hydrogens is 605 g/mol. The SMILES string of the molecule is COc1ccc(C)cc1N(CC(=O)N(Cc1ccc(F)cc1)[C@@H](Cc1ccccc1)C(=O)NC(C)C)S(=O)(=O)c1ccc(C)cc1. The molecule has 0 fully saturated rings. The maximum atomic E-state index is 14.6. The first kappa shape index (κ1) is 34.2. The van der Waals surface area contributed by atoms with Crippen LogP contribution in [0, 0.1) is 19.7 Å². The number of nitrogens with zero attached hydrogens (tertiary/aromatic N) is 2. The van der Waals surface area contributed by atoms with E-state index in [1.54, 1.807) is 42.5 Å². The Kier molecular flexibility index (Phi) is 11.2. The normalized spacial score (nSPS) is 12.0. The van der Waals surface area contributed by atoms with Crippen LogP contribution in [-0.4, -0.2) is 50.9 Å². The molecule has 4 rings (SSSR count). The standard InChI is InChI=1S/C36H40FN3O5S/c1-25(2)38-36(42)33(22-28-9-7-6-8-10-28)39(23-29-14-16-30(37)17-15-29)35(41)24-40(32-21-27(4)13-20-34(32)45-5)46(43,44)31-18-11-26(3)12-19-31/h6-21,25,33H,22-24H2,1-5H3,(H,38,42)/t33-/m0/s1. The van der Waals surface area contributed by atoms with E-state index in [2.05, 4.69) is 5.32 Å². The van der Waals surface area contributed by atoms with E-state index in [0.717, 1.165) is 21.0 Å². The number of anilines is 1. The van der Waals surface area contributed by atoms with Crippen molar-refractivity contribution in [3.63, 3.8) is 0 Å². The van der Waals surface area contributed by atoms with Crippen LogP contribution in [0.4, 0.5) is 10.1 Å². The molecule has 0 radical (unpaired) electrons. The molecule has 0 spiro atoms. The van der Waals surface area contributed by atoms with Gasteiger partial charge in [-0.2, -0.15) is 0 Å². The lowest BCUT2D eigenvalue weighted by atomic mass is 10.0. The Morgan fingerprint density at radius 3 is 2.09 bits per heavy atom. The fraction of sp³-hybridized carbons (Fsp3) is 0.278. The van der Waals surface area contributed by atoms with Crippen LogP contribution in [0.25, 0.3) is 0 Å². The Morgan fingerprint density at radius 1 is 0.848 bits per heavy atom. The van der Waals surface area contributed by atoms with Crippen LogP contribution in [0.3, 0.4) is 0 Å². The number of benzene rings is 4. The first-order chi connectivity index (χ1) is 21.9. The van der Waals surface area contributed by atoms with Gasteiger partial charge >= 0.3 is 0 Å². The second-order valence-corrected chi connectivity index (χ2v) is 13.4. The summed E-state index contributed by atoms with van der Waals surface area (Å²) in [7, 11) is -2.87. The minimum Gasteiger partial charge on any atom is -0.495 e. The zero-order valence-corrected chi connectivity index (χ0v) is 27.6. The maximum Gasteiger partial charge on any atom is 0.264 e. The number of sulfonamides is 1. The van der Waals surface area contributed by atoms with Crippen molar-refractivity contribution < 1.29 is 27.1 Å². The number of nitrogens with one attached hydrogen (secondary N) is 1. The van der Waals surface area contributed by atoms with Gasteiger partial charge in [0.25, 0.3) is 10.0 Å². The van der Waals surface area contributed by atoms with Crippen LogP contribution < -0.4 is 14.4 Å². The summed E-state index contributed by atoms with van der Waals surface area (Å²) in [5.74, 6) is -1.20. The Bertz CT molecular complexity index is 1750. The summed E-state index contributed by atoms with van der Waals surface area (Å²) in [4.78, 5) is 29.7. The van der Waals surface area contributed by atoms with Crippen molar-refractivity contribution in [3.8, 4) is 5.75 Å². The average molecular weight is 646 g/mol. The van der Waals surface area contributed by atoms with Crippen molar-refractivity contribution in [1.82, 2.24) is 10.2 Å². The number of ether oxygens (including phenoxy) is 1. The van der Waals surface area contributed by atoms with E-state index >= 15 is 0 Å². The van der Waals surface area contributed by atoms with Gasteiger partial charge in [0, 0.05) is 19.0 Å². The zero-order chi connectivity index (χ0) is 33.4. The molecule has 0 unspecified atom stereocenters. The molecule has 0 aliphatic heterocycles. The molecule has 0 bridgehead atoms. The molecule has 242 valence electrons. The van der Waals surface area contributed by atoms with Crippen molar-refractivity contribution in [2.24, 2.45) is 0 Å². The van der Waals surface area contributed by atoms with Crippen molar-refractivity contribution in [1.29, 1.82) is 0 Å². The minimum atomic E-state index is -4.30. The highest BCUT2D eigenvalue weighted by atomic mass is 32.2. The van der Waals surface area contributed by atoms with Crippen LogP contribution >= 0.6 is 0 Å². The van der Waals surface area contributed by atoms with Crippen molar-refractivity contribution in [2.75, 3.05) is 18.0 Å². The predicted octanol–water partition coefficient (Wildman–Crippen LogP) is 5.81. The largest absolute Gasteiger partial charge is 0.495 e. The highest BCUT2D eigenvalue weighted by Crippen LogP contribution is 2.34. The van der Waals surface area contributed by atoms with Crippen LogP contribution in [0.2, 0.25) is 0 Å². The van der Waals surface area contributed by atoms with Crippen molar-refractivity contribution in [2.45, 2.75) is 57.6 Å². The molecule has 2 amide bonds. The molecule has 0 saturated carbocycles. The van der Waals surface area contributed by atoms with Crippen molar-refractivity contribution >= 4 is 27.5 Å². The van der Waals surface area contributed by atoms with Gasteiger partial charge in [-0.1, -0.05) is 66.2 Å². The molecule has 1 atom stereocenters. The van der Waals surface area contributed by atoms with Crippen LogP contribution in [-0.2, 0) is 32.6 Å². The number of methoxy groups -OCH3 is 1. The molecule has 0 aromatic heterocycles. The molecule has 10 heteroatoms. The van der Waals surface area contributed by atoms with Gasteiger partial charge in [0.2, 0.25) is 11.8 Å². The summed E-state index contributed by atoms with van der Waals surface area (Å²) in [6.07, 6.45) is 0.171. The quantitative estimate of drug-likeness (QED) is 0.198. The first-order valence-corrected chi connectivity index (χ1v) is 16.4. The molecule has 0 aliphatic carbocycles. The highest BCUT2D eigenvalue weighted by molar-refractivity contribution is 7.92. The van der Waals surface area contributed by atoms with Gasteiger partial charge in [-0.3, -0.25) is 13.9 Å². The molecule has 4 aromatic carbocycles. The number of aryl methyl sites for hydroxylation is 2. The fourth-order valence-corrected chi connectivity index (χ4v) is 6.48. The van der Waals surface area contributed by atoms with Gasteiger partial charge in [-0.05, 0) is 80.8 Å². The smallest absolute Gasteiger partial charge is 0.264 e.